The molecule has 2 nitrogen and oxygen atoms in total. The average Bonchev–Trinajstić information content (AvgIpc) is 1.99. The number of aromatic hydroxyl groups is 2. The third kappa shape index (κ3) is 1.99. The maximum absolute atomic E-state index is 9.28. The molecule has 0 fully saturated rings. The molecule has 0 spiro atoms. The Morgan fingerprint density at radius 2 is 2.00 bits per heavy atom. The second kappa shape index (κ2) is 3.80. The maximum Gasteiger partial charge on any atom is 0.160 e. The van der Waals surface area contributed by atoms with Gasteiger partial charge < -0.3 is 10.2 Å². The number of para-hydroxylation sites is 1. The van der Waals surface area contributed by atoms with E-state index >= 15 is 0 Å². The minimum Gasteiger partial charge on any atom is -0.504 e. The fourth-order valence-electron chi connectivity index (χ4n) is 0.881. The van der Waals surface area contributed by atoms with Gasteiger partial charge in [0.2, 0.25) is 0 Å². The van der Waals surface area contributed by atoms with Gasteiger partial charge in [-0.05, 0) is 18.1 Å². The van der Waals surface area contributed by atoms with Crippen molar-refractivity contribution in [1.82, 2.24) is 0 Å². The largest absolute Gasteiger partial charge is 0.504 e. The Balaban J connectivity index is 2.96. The third-order valence-corrected chi connectivity index (χ3v) is 2.00. The SMILES string of the molecule is Oc1cccc(CCI)c1O. The number of hydrogen-bond donors (Lipinski definition) is 2. The molecule has 1 aromatic rings. The molecule has 1 aromatic carbocycles. The van der Waals surface area contributed by atoms with Crippen LogP contribution in [0.25, 0.3) is 0 Å². The van der Waals surface area contributed by atoms with Gasteiger partial charge in [0.05, 0.1) is 0 Å². The van der Waals surface area contributed by atoms with Gasteiger partial charge in [-0.15, -0.1) is 0 Å². The van der Waals surface area contributed by atoms with Crippen molar-refractivity contribution in [2.75, 3.05) is 4.43 Å². The molecule has 0 aliphatic heterocycles. The maximum atomic E-state index is 9.28. The van der Waals surface area contributed by atoms with Crippen molar-refractivity contribution < 1.29 is 10.2 Å². The lowest BCUT2D eigenvalue weighted by atomic mass is 10.1. The molecule has 60 valence electrons. The summed E-state index contributed by atoms with van der Waals surface area (Å²) in [6.45, 7) is 0. The molecule has 0 bridgehead atoms. The summed E-state index contributed by atoms with van der Waals surface area (Å²) in [7, 11) is 0. The molecule has 0 unspecified atom stereocenters. The van der Waals surface area contributed by atoms with Crippen LogP contribution in [0.2, 0.25) is 0 Å². The summed E-state index contributed by atoms with van der Waals surface area (Å²) < 4.78 is 0.939. The van der Waals surface area contributed by atoms with Crippen molar-refractivity contribution in [3.8, 4) is 11.5 Å². The van der Waals surface area contributed by atoms with Crippen LogP contribution in [0, 0.1) is 0 Å². The average molecular weight is 264 g/mol. The van der Waals surface area contributed by atoms with Crippen LogP contribution < -0.4 is 0 Å². The highest BCUT2D eigenvalue weighted by Crippen LogP contribution is 2.28. The summed E-state index contributed by atoms with van der Waals surface area (Å²) in [5, 5.41) is 18.3. The number of aryl methyl sites for hydroxylation is 1. The van der Waals surface area contributed by atoms with Gasteiger partial charge in [0.1, 0.15) is 0 Å². The summed E-state index contributed by atoms with van der Waals surface area (Å²) in [6.07, 6.45) is 0.792. The molecular formula is C8H9IO2. The van der Waals surface area contributed by atoms with Crippen LogP contribution in [0.3, 0.4) is 0 Å². The van der Waals surface area contributed by atoms with Crippen molar-refractivity contribution in [2.24, 2.45) is 0 Å². The minimum atomic E-state index is -0.0349. The molecule has 2 N–H and O–H groups in total. The van der Waals surface area contributed by atoms with Gasteiger partial charge >= 0.3 is 0 Å². The lowest BCUT2D eigenvalue weighted by molar-refractivity contribution is 0.400. The predicted molar refractivity (Wildman–Crippen MR) is 52.4 cm³/mol. The molecular weight excluding hydrogens is 255 g/mol. The number of phenols is 2. The monoisotopic (exact) mass is 264 g/mol. The van der Waals surface area contributed by atoms with E-state index in [0.29, 0.717) is 0 Å². The summed E-state index contributed by atoms with van der Waals surface area (Å²) in [5.74, 6) is -0.0171. The summed E-state index contributed by atoms with van der Waals surface area (Å²) in [5.41, 5.74) is 0.805. The van der Waals surface area contributed by atoms with Gasteiger partial charge in [0.15, 0.2) is 11.5 Å². The van der Waals surface area contributed by atoms with E-state index < -0.39 is 0 Å². The molecule has 0 aromatic heterocycles. The van der Waals surface area contributed by atoms with Crippen molar-refractivity contribution in [1.29, 1.82) is 0 Å². The molecule has 0 aliphatic carbocycles. The van der Waals surface area contributed by atoms with Crippen LogP contribution in [0.1, 0.15) is 5.56 Å². The zero-order valence-electron chi connectivity index (χ0n) is 5.92. The first-order valence-corrected chi connectivity index (χ1v) is 4.84. The summed E-state index contributed by atoms with van der Waals surface area (Å²) in [4.78, 5) is 0. The first-order valence-electron chi connectivity index (χ1n) is 3.31. The molecule has 0 atom stereocenters. The van der Waals surface area contributed by atoms with Crippen LogP contribution >= 0.6 is 22.6 Å². The van der Waals surface area contributed by atoms with E-state index in [1.807, 2.05) is 6.07 Å². The second-order valence-corrected chi connectivity index (χ2v) is 3.30. The highest BCUT2D eigenvalue weighted by Gasteiger charge is 2.03. The molecule has 0 saturated carbocycles. The van der Waals surface area contributed by atoms with E-state index in [9.17, 15) is 5.11 Å². The molecule has 0 amide bonds. The number of alkyl halides is 1. The lowest BCUT2D eigenvalue weighted by Crippen LogP contribution is -1.85. The number of phenolic OH excluding ortho intramolecular Hbond substituents is 2. The Morgan fingerprint density at radius 1 is 1.27 bits per heavy atom. The lowest BCUT2D eigenvalue weighted by Gasteiger charge is -2.02. The zero-order chi connectivity index (χ0) is 8.27. The zero-order valence-corrected chi connectivity index (χ0v) is 8.08. The number of halogens is 1. The molecule has 11 heavy (non-hydrogen) atoms. The van der Waals surface area contributed by atoms with Crippen molar-refractivity contribution in [2.45, 2.75) is 6.42 Å². The fourth-order valence-corrected chi connectivity index (χ4v) is 1.46. The molecule has 3 heteroatoms. The van der Waals surface area contributed by atoms with E-state index in [0.717, 1.165) is 16.4 Å². The van der Waals surface area contributed by atoms with Gasteiger partial charge in [-0.1, -0.05) is 34.7 Å². The molecule has 1 rings (SSSR count). The van der Waals surface area contributed by atoms with Gasteiger partial charge in [-0.2, -0.15) is 0 Å². The third-order valence-electron chi connectivity index (χ3n) is 1.46. The first-order chi connectivity index (χ1) is 5.25. The van der Waals surface area contributed by atoms with Crippen LogP contribution in [0.5, 0.6) is 11.5 Å². The van der Waals surface area contributed by atoms with Crippen LogP contribution in [0.15, 0.2) is 18.2 Å². The van der Waals surface area contributed by atoms with E-state index in [2.05, 4.69) is 22.6 Å². The molecule has 0 saturated heterocycles. The minimum absolute atomic E-state index is 0.0177. The molecule has 0 aliphatic rings. The number of hydrogen-bond acceptors (Lipinski definition) is 2. The fraction of sp³-hybridized carbons (Fsp3) is 0.250. The Hall–Kier alpha value is -0.450. The highest BCUT2D eigenvalue weighted by atomic mass is 127. The first kappa shape index (κ1) is 8.64. The normalized spacial score (nSPS) is 9.91. The Bertz CT molecular complexity index is 248. The quantitative estimate of drug-likeness (QED) is 0.487. The molecule has 0 radical (unpaired) electrons. The van der Waals surface area contributed by atoms with Gasteiger partial charge in [-0.3, -0.25) is 0 Å². The topological polar surface area (TPSA) is 40.5 Å². The van der Waals surface area contributed by atoms with Gasteiger partial charge in [-0.25, -0.2) is 0 Å². The Labute approximate surface area is 79.0 Å². The second-order valence-electron chi connectivity index (χ2n) is 2.22. The van der Waals surface area contributed by atoms with Gasteiger partial charge in [0, 0.05) is 4.43 Å². The van der Waals surface area contributed by atoms with E-state index in [1.165, 1.54) is 6.07 Å². The van der Waals surface area contributed by atoms with Crippen molar-refractivity contribution in [3.05, 3.63) is 23.8 Å². The van der Waals surface area contributed by atoms with Crippen LogP contribution in [-0.4, -0.2) is 14.6 Å². The van der Waals surface area contributed by atoms with E-state index in [-0.39, 0.29) is 11.5 Å². The van der Waals surface area contributed by atoms with Gasteiger partial charge in [0.25, 0.3) is 0 Å². The van der Waals surface area contributed by atoms with E-state index in [1.54, 1.807) is 6.07 Å². The van der Waals surface area contributed by atoms with Crippen molar-refractivity contribution in [3.63, 3.8) is 0 Å². The smallest absolute Gasteiger partial charge is 0.160 e. The van der Waals surface area contributed by atoms with Crippen LogP contribution in [0.4, 0.5) is 0 Å². The Kier molecular flexibility index (Phi) is 2.99. The Morgan fingerprint density at radius 3 is 2.64 bits per heavy atom. The standard InChI is InChI=1S/C8H9IO2/c9-5-4-6-2-1-3-7(10)8(6)11/h1-3,10-11H,4-5H2. The summed E-state index contributed by atoms with van der Waals surface area (Å²) >= 11 is 2.23. The number of benzene rings is 1. The number of rotatable bonds is 2. The highest BCUT2D eigenvalue weighted by molar-refractivity contribution is 14.1. The molecule has 0 heterocycles. The summed E-state index contributed by atoms with van der Waals surface area (Å²) in [6, 6.07) is 5.02. The van der Waals surface area contributed by atoms with Crippen molar-refractivity contribution >= 4 is 22.6 Å². The predicted octanol–water partition coefficient (Wildman–Crippen LogP) is 2.08. The van der Waals surface area contributed by atoms with Crippen LogP contribution in [-0.2, 0) is 6.42 Å². The van der Waals surface area contributed by atoms with E-state index in [4.69, 9.17) is 5.11 Å².